The van der Waals surface area contributed by atoms with Crippen molar-refractivity contribution in [1.82, 2.24) is 19.4 Å². The molecule has 1 amide bonds. The van der Waals surface area contributed by atoms with Crippen LogP contribution >= 0.6 is 11.6 Å². The number of hydrogen-bond donors (Lipinski definition) is 1. The van der Waals surface area contributed by atoms with E-state index < -0.39 is 5.82 Å². The first kappa shape index (κ1) is 21.6. The second-order valence-corrected chi connectivity index (χ2v) is 8.94. The van der Waals surface area contributed by atoms with E-state index in [1.165, 1.54) is 12.1 Å². The molecule has 7 nitrogen and oxygen atoms in total. The normalized spacial score (nSPS) is 18.2. The van der Waals surface area contributed by atoms with Gasteiger partial charge in [0.05, 0.1) is 17.4 Å². The van der Waals surface area contributed by atoms with Crippen LogP contribution in [0.3, 0.4) is 0 Å². The maximum Gasteiger partial charge on any atom is 0.275 e. The number of rotatable bonds is 4. The fourth-order valence-corrected chi connectivity index (χ4v) is 4.51. The van der Waals surface area contributed by atoms with Gasteiger partial charge in [-0.15, -0.1) is 0 Å². The fraction of sp³-hybridized carbons (Fsp3) is 0.333. The molecule has 0 unspecified atom stereocenters. The third kappa shape index (κ3) is 4.10. The Morgan fingerprint density at radius 2 is 2.06 bits per heavy atom. The predicted molar refractivity (Wildman–Crippen MR) is 122 cm³/mol. The Balaban J connectivity index is 1.61. The summed E-state index contributed by atoms with van der Waals surface area (Å²) in [6, 6.07) is 9.75. The molecule has 2 N–H and O–H groups in total. The van der Waals surface area contributed by atoms with E-state index in [0.29, 0.717) is 36.1 Å². The van der Waals surface area contributed by atoms with E-state index in [4.69, 9.17) is 22.6 Å². The highest BCUT2D eigenvalue weighted by Gasteiger charge is 2.30. The number of hydrogen-bond acceptors (Lipinski definition) is 5. The van der Waals surface area contributed by atoms with Gasteiger partial charge < -0.3 is 10.6 Å². The van der Waals surface area contributed by atoms with Crippen LogP contribution in [0.25, 0.3) is 17.1 Å². The second-order valence-electron chi connectivity index (χ2n) is 8.59. The molecule has 3 aromatic rings. The van der Waals surface area contributed by atoms with Crippen molar-refractivity contribution in [3.8, 4) is 23.1 Å². The molecule has 3 heterocycles. The number of nitriles is 1. The average molecular weight is 465 g/mol. The van der Waals surface area contributed by atoms with Gasteiger partial charge in [-0.05, 0) is 56.0 Å². The SMILES string of the molecule is N#Cc1ccc(-c2nc(C(=O)N3CCC[C@@H](N)C3)c(Cl)n2-c2ccc(C3CC3)nc2)cc1F. The summed E-state index contributed by atoms with van der Waals surface area (Å²) in [6.45, 7) is 1.01. The molecule has 168 valence electrons. The Hall–Kier alpha value is -3.28. The third-order valence-corrected chi connectivity index (χ3v) is 6.49. The zero-order valence-electron chi connectivity index (χ0n) is 17.8. The van der Waals surface area contributed by atoms with Crippen molar-refractivity contribution in [2.45, 2.75) is 37.6 Å². The van der Waals surface area contributed by atoms with E-state index in [-0.39, 0.29) is 28.4 Å². The third-order valence-electron chi connectivity index (χ3n) is 6.14. The van der Waals surface area contributed by atoms with Crippen molar-refractivity contribution in [3.63, 3.8) is 0 Å². The molecule has 1 saturated heterocycles. The van der Waals surface area contributed by atoms with Crippen molar-refractivity contribution in [1.29, 1.82) is 5.26 Å². The molecule has 5 rings (SSSR count). The molecule has 0 radical (unpaired) electrons. The summed E-state index contributed by atoms with van der Waals surface area (Å²) in [4.78, 5) is 24.0. The molecular formula is C24H22ClFN6O. The lowest BCUT2D eigenvalue weighted by atomic mass is 10.1. The highest BCUT2D eigenvalue weighted by Crippen LogP contribution is 2.39. The lowest BCUT2D eigenvalue weighted by Crippen LogP contribution is -2.45. The first-order chi connectivity index (χ1) is 16.0. The second kappa shape index (κ2) is 8.58. The monoisotopic (exact) mass is 464 g/mol. The Morgan fingerprint density at radius 1 is 1.24 bits per heavy atom. The van der Waals surface area contributed by atoms with Gasteiger partial charge in [0.2, 0.25) is 0 Å². The number of carbonyl (C=O) groups excluding carboxylic acids is 1. The van der Waals surface area contributed by atoms with Gasteiger partial charge in [-0.1, -0.05) is 11.6 Å². The number of carbonyl (C=O) groups is 1. The maximum atomic E-state index is 14.4. The summed E-state index contributed by atoms with van der Waals surface area (Å²) in [5.41, 5.74) is 8.09. The minimum Gasteiger partial charge on any atom is -0.336 e. The van der Waals surface area contributed by atoms with Crippen LogP contribution in [0.5, 0.6) is 0 Å². The zero-order valence-corrected chi connectivity index (χ0v) is 18.6. The summed E-state index contributed by atoms with van der Waals surface area (Å²) < 4.78 is 16.0. The van der Waals surface area contributed by atoms with Crippen LogP contribution in [0.15, 0.2) is 36.5 Å². The number of nitrogens with zero attached hydrogens (tertiary/aromatic N) is 5. The Morgan fingerprint density at radius 3 is 2.70 bits per heavy atom. The van der Waals surface area contributed by atoms with Crippen LogP contribution in [-0.4, -0.2) is 44.5 Å². The van der Waals surface area contributed by atoms with E-state index >= 15 is 0 Å². The number of aromatic nitrogens is 3. The van der Waals surface area contributed by atoms with Gasteiger partial charge in [-0.2, -0.15) is 5.26 Å². The van der Waals surface area contributed by atoms with E-state index in [2.05, 4.69) is 9.97 Å². The molecule has 2 aliphatic rings. The van der Waals surface area contributed by atoms with Crippen molar-refractivity contribution >= 4 is 17.5 Å². The molecule has 1 aliphatic carbocycles. The summed E-state index contributed by atoms with van der Waals surface area (Å²) in [6.07, 6.45) is 5.62. The quantitative estimate of drug-likeness (QED) is 0.628. The van der Waals surface area contributed by atoms with Crippen molar-refractivity contribution in [2.24, 2.45) is 5.73 Å². The van der Waals surface area contributed by atoms with E-state index in [1.54, 1.807) is 21.7 Å². The lowest BCUT2D eigenvalue weighted by molar-refractivity contribution is 0.0703. The standard InChI is InChI=1S/C24H22ClFN6O/c25-22-21(24(33)31-9-1-2-17(28)13-31)30-23(15-5-6-16(11-27)19(26)10-15)32(22)18-7-8-20(29-12-18)14-3-4-14/h5-8,10,12,14,17H,1-4,9,13,28H2/t17-/m1/s1. The molecular weight excluding hydrogens is 443 g/mol. The topological polar surface area (TPSA) is 101 Å². The average Bonchev–Trinajstić information content (AvgIpc) is 3.61. The molecule has 1 atom stereocenters. The Bertz CT molecular complexity index is 1260. The molecule has 1 aromatic carbocycles. The Labute approximate surface area is 195 Å². The van der Waals surface area contributed by atoms with Gasteiger partial charge in [0.1, 0.15) is 22.9 Å². The van der Waals surface area contributed by atoms with Gasteiger partial charge >= 0.3 is 0 Å². The summed E-state index contributed by atoms with van der Waals surface area (Å²) >= 11 is 6.73. The molecule has 33 heavy (non-hydrogen) atoms. The molecule has 1 aliphatic heterocycles. The number of piperidine rings is 1. The van der Waals surface area contributed by atoms with Crippen molar-refractivity contribution in [2.75, 3.05) is 13.1 Å². The first-order valence-corrected chi connectivity index (χ1v) is 11.3. The van der Waals surface area contributed by atoms with Crippen LogP contribution in [-0.2, 0) is 0 Å². The highest BCUT2D eigenvalue weighted by atomic mass is 35.5. The number of benzene rings is 1. The van der Waals surface area contributed by atoms with Crippen LogP contribution in [0.2, 0.25) is 5.15 Å². The number of imidazole rings is 1. The maximum absolute atomic E-state index is 14.4. The number of likely N-dealkylation sites (tertiary alicyclic amines) is 1. The lowest BCUT2D eigenvalue weighted by Gasteiger charge is -2.30. The molecule has 9 heteroatoms. The minimum absolute atomic E-state index is 0.0722. The largest absolute Gasteiger partial charge is 0.336 e. The smallest absolute Gasteiger partial charge is 0.275 e. The highest BCUT2D eigenvalue weighted by molar-refractivity contribution is 6.33. The van der Waals surface area contributed by atoms with Crippen molar-refractivity contribution < 1.29 is 9.18 Å². The van der Waals surface area contributed by atoms with Crippen LogP contribution < -0.4 is 5.73 Å². The fourth-order valence-electron chi connectivity index (χ4n) is 4.21. The number of amides is 1. The predicted octanol–water partition coefficient (Wildman–Crippen LogP) is 4.04. The van der Waals surface area contributed by atoms with Crippen LogP contribution in [0, 0.1) is 17.1 Å². The summed E-state index contributed by atoms with van der Waals surface area (Å²) in [7, 11) is 0. The zero-order chi connectivity index (χ0) is 23.1. The van der Waals surface area contributed by atoms with E-state index in [0.717, 1.165) is 31.4 Å². The molecule has 0 bridgehead atoms. The number of halogens is 2. The van der Waals surface area contributed by atoms with Crippen LogP contribution in [0.4, 0.5) is 4.39 Å². The van der Waals surface area contributed by atoms with E-state index in [9.17, 15) is 9.18 Å². The molecule has 1 saturated carbocycles. The molecule has 0 spiro atoms. The molecule has 2 fully saturated rings. The number of nitrogens with two attached hydrogens (primary N) is 1. The number of pyridine rings is 1. The first-order valence-electron chi connectivity index (χ1n) is 11.0. The summed E-state index contributed by atoms with van der Waals surface area (Å²) in [5.74, 6) is -0.191. The summed E-state index contributed by atoms with van der Waals surface area (Å²) in [5, 5.41) is 9.20. The van der Waals surface area contributed by atoms with E-state index in [1.807, 2.05) is 18.2 Å². The van der Waals surface area contributed by atoms with Gasteiger partial charge in [0, 0.05) is 36.3 Å². The van der Waals surface area contributed by atoms with Gasteiger partial charge in [0.25, 0.3) is 5.91 Å². The Kier molecular flexibility index (Phi) is 5.60. The van der Waals surface area contributed by atoms with Crippen LogP contribution in [0.1, 0.15) is 53.3 Å². The van der Waals surface area contributed by atoms with Gasteiger partial charge in [-0.25, -0.2) is 9.37 Å². The van der Waals surface area contributed by atoms with Gasteiger partial charge in [0.15, 0.2) is 5.69 Å². The molecule has 2 aromatic heterocycles. The van der Waals surface area contributed by atoms with Crippen molar-refractivity contribution in [3.05, 3.63) is 64.5 Å². The van der Waals surface area contributed by atoms with Gasteiger partial charge in [-0.3, -0.25) is 14.3 Å². The minimum atomic E-state index is -0.669.